The molecule has 2 aromatic rings. The minimum absolute atomic E-state index is 0.413. The van der Waals surface area contributed by atoms with E-state index in [4.69, 9.17) is 14.5 Å². The lowest BCUT2D eigenvalue weighted by Gasteiger charge is -2.20. The highest BCUT2D eigenvalue weighted by Crippen LogP contribution is 2.12. The second-order valence-corrected chi connectivity index (χ2v) is 7.84. The van der Waals surface area contributed by atoms with Crippen molar-refractivity contribution in [3.8, 4) is 11.3 Å². The van der Waals surface area contributed by atoms with Crippen LogP contribution in [0.3, 0.4) is 0 Å². The van der Waals surface area contributed by atoms with Gasteiger partial charge in [-0.05, 0) is 18.2 Å². The van der Waals surface area contributed by atoms with Crippen LogP contribution in [0, 0.1) is 0 Å². The van der Waals surface area contributed by atoms with Gasteiger partial charge in [-0.3, -0.25) is 4.98 Å². The van der Waals surface area contributed by atoms with E-state index in [1.54, 1.807) is 32.6 Å². The highest BCUT2D eigenvalue weighted by Gasteiger charge is 2.03. The van der Waals surface area contributed by atoms with E-state index < -0.39 is 0 Å². The third-order valence-electron chi connectivity index (χ3n) is 4.90. The summed E-state index contributed by atoms with van der Waals surface area (Å²) in [5, 5.41) is 5.06. The van der Waals surface area contributed by atoms with E-state index in [-0.39, 0.29) is 0 Å². The minimum atomic E-state index is 0.413. The third kappa shape index (κ3) is 9.08. The molecule has 1 heterocycles. The maximum Gasteiger partial charge on any atom is 0.123 e. The zero-order chi connectivity index (χ0) is 24.8. The summed E-state index contributed by atoms with van der Waals surface area (Å²) in [5.41, 5.74) is 1.86. The molecule has 34 heavy (non-hydrogen) atoms. The van der Waals surface area contributed by atoms with Gasteiger partial charge in [-0.2, -0.15) is 0 Å². The van der Waals surface area contributed by atoms with Crippen molar-refractivity contribution >= 4 is 12.2 Å². The lowest BCUT2D eigenvalue weighted by molar-refractivity contribution is 0.285. The number of benzene rings is 1. The molecule has 0 saturated heterocycles. The maximum absolute atomic E-state index is 5.44. The first-order valence-electron chi connectivity index (χ1n) is 11.3. The molecule has 0 unspecified atom stereocenters. The zero-order valence-corrected chi connectivity index (χ0v) is 20.7. The first-order valence-corrected chi connectivity index (χ1v) is 11.3. The van der Waals surface area contributed by atoms with Gasteiger partial charge in [0.25, 0.3) is 0 Å². The zero-order valence-electron chi connectivity index (χ0n) is 20.7. The van der Waals surface area contributed by atoms with E-state index in [1.807, 2.05) is 48.7 Å². The molecular weight excluding hydrogens is 424 g/mol. The third-order valence-corrected chi connectivity index (χ3v) is 4.90. The summed E-state index contributed by atoms with van der Waals surface area (Å²) in [6.07, 6.45) is 13.1. The van der Waals surface area contributed by atoms with Crippen LogP contribution < -0.4 is 16.0 Å². The summed E-state index contributed by atoms with van der Waals surface area (Å²) in [4.78, 5) is 11.7. The number of nitrogens with zero attached hydrogens (tertiary/aromatic N) is 3. The van der Waals surface area contributed by atoms with Gasteiger partial charge in [0, 0.05) is 43.5 Å². The van der Waals surface area contributed by atoms with Crippen LogP contribution in [0.1, 0.15) is 13.8 Å². The monoisotopic (exact) mass is 460 g/mol. The molecule has 0 atom stereocenters. The van der Waals surface area contributed by atoms with Gasteiger partial charge in [-0.25, -0.2) is 4.98 Å². The van der Waals surface area contributed by atoms with Crippen molar-refractivity contribution in [1.82, 2.24) is 20.2 Å². The van der Waals surface area contributed by atoms with Crippen LogP contribution >= 0.6 is 0 Å². The molecule has 0 saturated carbocycles. The van der Waals surface area contributed by atoms with Crippen molar-refractivity contribution in [3.63, 3.8) is 0 Å². The summed E-state index contributed by atoms with van der Waals surface area (Å²) in [6, 6.07) is 10.5. The smallest absolute Gasteiger partial charge is 0.123 e. The van der Waals surface area contributed by atoms with Gasteiger partial charge in [0.15, 0.2) is 0 Å². The Labute approximate surface area is 203 Å². The van der Waals surface area contributed by atoms with Crippen molar-refractivity contribution < 1.29 is 9.47 Å². The highest BCUT2D eigenvalue weighted by molar-refractivity contribution is 5.57. The van der Waals surface area contributed by atoms with Gasteiger partial charge in [0.1, 0.15) is 11.5 Å². The molecule has 0 aliphatic carbocycles. The molecule has 2 rings (SSSR count). The first-order chi connectivity index (χ1) is 16.5. The lowest BCUT2D eigenvalue weighted by atomic mass is 10.2. The molecule has 0 aliphatic rings. The SMILES string of the molecule is C=C/C=c1/ncc(-c2ccccc2)n/c1=C/CN(/C=C/C(=C\C(=C)OC)OC)CCNC(C)C. The van der Waals surface area contributed by atoms with E-state index in [2.05, 4.69) is 48.3 Å². The molecular formula is C28H36N4O2. The molecule has 0 amide bonds. The second kappa shape index (κ2) is 14.5. The van der Waals surface area contributed by atoms with Crippen molar-refractivity contribution in [2.75, 3.05) is 33.9 Å². The van der Waals surface area contributed by atoms with Crippen LogP contribution in [0.2, 0.25) is 0 Å². The van der Waals surface area contributed by atoms with Crippen molar-refractivity contribution in [1.29, 1.82) is 0 Å². The fourth-order valence-electron chi connectivity index (χ4n) is 3.05. The molecule has 0 spiro atoms. The molecule has 6 heteroatoms. The number of allylic oxidation sites excluding steroid dienone is 3. The Morgan fingerprint density at radius 1 is 1.15 bits per heavy atom. The average molecular weight is 461 g/mol. The van der Waals surface area contributed by atoms with E-state index in [9.17, 15) is 0 Å². The van der Waals surface area contributed by atoms with Crippen molar-refractivity contribution in [2.24, 2.45) is 0 Å². The van der Waals surface area contributed by atoms with E-state index in [0.717, 1.165) is 35.0 Å². The van der Waals surface area contributed by atoms with Crippen LogP contribution in [0.4, 0.5) is 0 Å². The molecule has 6 nitrogen and oxygen atoms in total. The fourth-order valence-corrected chi connectivity index (χ4v) is 3.05. The number of nitrogens with one attached hydrogen (secondary N) is 1. The maximum atomic E-state index is 5.44. The van der Waals surface area contributed by atoms with Crippen LogP contribution in [-0.2, 0) is 9.47 Å². The number of aromatic nitrogens is 2. The quantitative estimate of drug-likeness (QED) is 0.365. The highest BCUT2D eigenvalue weighted by atomic mass is 16.5. The largest absolute Gasteiger partial charge is 0.497 e. The summed E-state index contributed by atoms with van der Waals surface area (Å²) in [7, 11) is 3.20. The minimum Gasteiger partial charge on any atom is -0.497 e. The molecule has 1 N–H and O–H groups in total. The summed E-state index contributed by atoms with van der Waals surface area (Å²) >= 11 is 0. The summed E-state index contributed by atoms with van der Waals surface area (Å²) in [6.45, 7) is 14.2. The van der Waals surface area contributed by atoms with Crippen LogP contribution in [0.25, 0.3) is 23.4 Å². The predicted molar refractivity (Wildman–Crippen MR) is 141 cm³/mol. The summed E-state index contributed by atoms with van der Waals surface area (Å²) < 4.78 is 10.6. The molecule has 180 valence electrons. The van der Waals surface area contributed by atoms with E-state index >= 15 is 0 Å². The van der Waals surface area contributed by atoms with Crippen LogP contribution in [0.15, 0.2) is 85.6 Å². The van der Waals surface area contributed by atoms with Crippen LogP contribution in [0.5, 0.6) is 0 Å². The number of hydrogen-bond donors (Lipinski definition) is 1. The van der Waals surface area contributed by atoms with Crippen molar-refractivity contribution in [3.05, 3.63) is 96.3 Å². The normalized spacial score (nSPS) is 12.9. The van der Waals surface area contributed by atoms with Crippen molar-refractivity contribution in [2.45, 2.75) is 19.9 Å². The first kappa shape index (κ1) is 26.6. The Morgan fingerprint density at radius 3 is 2.56 bits per heavy atom. The average Bonchev–Trinajstić information content (AvgIpc) is 2.85. The molecule has 0 radical (unpaired) electrons. The number of methoxy groups -OCH3 is 2. The Kier molecular flexibility index (Phi) is 11.3. The second-order valence-electron chi connectivity index (χ2n) is 7.84. The Hall–Kier alpha value is -3.64. The molecule has 1 aromatic heterocycles. The number of rotatable bonds is 13. The van der Waals surface area contributed by atoms with E-state index in [0.29, 0.717) is 24.1 Å². The number of ether oxygens (including phenoxy) is 2. The molecule has 0 aliphatic heterocycles. The molecule has 0 fully saturated rings. The summed E-state index contributed by atoms with van der Waals surface area (Å²) in [5.74, 6) is 1.18. The van der Waals surface area contributed by atoms with Gasteiger partial charge in [-0.15, -0.1) is 0 Å². The topological polar surface area (TPSA) is 59.5 Å². The Balaban J connectivity index is 2.37. The lowest BCUT2D eigenvalue weighted by Crippen LogP contribution is -2.35. The van der Waals surface area contributed by atoms with Gasteiger partial charge < -0.3 is 19.7 Å². The van der Waals surface area contributed by atoms with Gasteiger partial charge in [0.2, 0.25) is 0 Å². The fraction of sp³-hybridized carbons (Fsp3) is 0.286. The predicted octanol–water partition coefficient (Wildman–Crippen LogP) is 3.39. The Morgan fingerprint density at radius 2 is 1.91 bits per heavy atom. The van der Waals surface area contributed by atoms with Gasteiger partial charge in [-0.1, -0.05) is 63.4 Å². The standard InChI is InChI=1S/C28H36N4O2/c1-7-11-26-27(31-28(21-30-26)24-12-9-8-10-13-24)15-18-32(19-16-29-22(2)3)17-14-25(34-6)20-23(4)33-5/h7-15,17,20-22,29H,1,4,16,18-19H2,2-3,5-6H3/b17-14+,25-20+,26-11+,27-15+. The molecule has 0 bridgehead atoms. The molecule has 1 aromatic carbocycles. The van der Waals surface area contributed by atoms with Gasteiger partial charge in [0.05, 0.1) is 36.8 Å². The van der Waals surface area contributed by atoms with Gasteiger partial charge >= 0.3 is 0 Å². The Bertz CT molecular complexity index is 1100. The van der Waals surface area contributed by atoms with Crippen LogP contribution in [-0.4, -0.2) is 54.8 Å². The van der Waals surface area contributed by atoms with E-state index in [1.165, 1.54) is 0 Å². The number of hydrogen-bond acceptors (Lipinski definition) is 6.